The van der Waals surface area contributed by atoms with Crippen LogP contribution in [0, 0.1) is 12.7 Å². The number of carbonyl (C=O) groups is 1. The molecule has 0 N–H and O–H groups in total. The Hall–Kier alpha value is -1.74. The molecule has 0 amide bonds. The van der Waals surface area contributed by atoms with E-state index in [9.17, 15) is 9.18 Å². The quantitative estimate of drug-likeness (QED) is 0.625. The summed E-state index contributed by atoms with van der Waals surface area (Å²) in [5.41, 5.74) is 2.06. The molecular weight excluding hydrogens is 253 g/mol. The maximum Gasteiger partial charge on any atom is 0.167 e. The molecule has 2 rings (SSSR count). The fourth-order valence-electron chi connectivity index (χ4n) is 1.72. The highest BCUT2D eigenvalue weighted by molar-refractivity contribution is 6.29. The number of aryl methyl sites for hydroxylation is 1. The normalized spacial score (nSPS) is 10.4. The summed E-state index contributed by atoms with van der Waals surface area (Å²) >= 11 is 5.83. The molecule has 0 unspecified atom stereocenters. The Labute approximate surface area is 109 Å². The first-order valence-electron chi connectivity index (χ1n) is 5.46. The molecule has 0 aliphatic carbocycles. The van der Waals surface area contributed by atoms with Crippen LogP contribution < -0.4 is 0 Å². The molecule has 92 valence electrons. The van der Waals surface area contributed by atoms with E-state index < -0.39 is 0 Å². The van der Waals surface area contributed by atoms with E-state index in [1.54, 1.807) is 6.07 Å². The van der Waals surface area contributed by atoms with Crippen LogP contribution >= 0.6 is 11.6 Å². The number of aromatic nitrogens is 1. The summed E-state index contributed by atoms with van der Waals surface area (Å²) in [6.45, 7) is 1.82. The van der Waals surface area contributed by atoms with Crippen molar-refractivity contribution in [3.8, 4) is 0 Å². The molecule has 0 saturated carbocycles. The first-order chi connectivity index (χ1) is 8.54. The van der Waals surface area contributed by atoms with E-state index in [1.165, 1.54) is 24.3 Å². The molecule has 0 saturated heterocycles. The third kappa shape index (κ3) is 3.14. The van der Waals surface area contributed by atoms with Crippen LogP contribution in [-0.2, 0) is 6.42 Å². The minimum atomic E-state index is -0.352. The number of rotatable bonds is 3. The maximum atomic E-state index is 12.7. The Morgan fingerprint density at radius 1 is 1.28 bits per heavy atom. The van der Waals surface area contributed by atoms with Gasteiger partial charge in [-0.2, -0.15) is 0 Å². The van der Waals surface area contributed by atoms with Crippen molar-refractivity contribution in [3.05, 3.63) is 64.2 Å². The number of halogens is 2. The summed E-state index contributed by atoms with van der Waals surface area (Å²) in [5.74, 6) is -0.425. The number of hydrogen-bond donors (Lipinski definition) is 0. The van der Waals surface area contributed by atoms with Gasteiger partial charge in [-0.3, -0.25) is 4.79 Å². The third-order valence-electron chi connectivity index (χ3n) is 2.51. The highest BCUT2D eigenvalue weighted by Gasteiger charge is 2.08. The van der Waals surface area contributed by atoms with Gasteiger partial charge in [-0.15, -0.1) is 0 Å². The number of pyridine rings is 1. The van der Waals surface area contributed by atoms with Gasteiger partial charge in [-0.25, -0.2) is 9.37 Å². The lowest BCUT2D eigenvalue weighted by Gasteiger charge is -2.03. The van der Waals surface area contributed by atoms with Crippen LogP contribution in [0.25, 0.3) is 0 Å². The molecule has 1 aromatic carbocycles. The average Bonchev–Trinajstić information content (AvgIpc) is 2.28. The smallest absolute Gasteiger partial charge is 0.167 e. The van der Waals surface area contributed by atoms with E-state index in [2.05, 4.69) is 4.98 Å². The Morgan fingerprint density at radius 3 is 2.56 bits per heavy atom. The van der Waals surface area contributed by atoms with E-state index in [0.717, 1.165) is 11.3 Å². The molecule has 0 fully saturated rings. The molecule has 4 heteroatoms. The molecule has 1 heterocycles. The number of carbonyl (C=O) groups excluding carboxylic acids is 1. The van der Waals surface area contributed by atoms with E-state index in [0.29, 0.717) is 10.7 Å². The van der Waals surface area contributed by atoms with Crippen LogP contribution in [0.5, 0.6) is 0 Å². The zero-order chi connectivity index (χ0) is 13.1. The van der Waals surface area contributed by atoms with Crippen LogP contribution in [-0.4, -0.2) is 10.8 Å². The lowest BCUT2D eigenvalue weighted by atomic mass is 10.0. The van der Waals surface area contributed by atoms with Crippen molar-refractivity contribution in [2.45, 2.75) is 13.3 Å². The van der Waals surface area contributed by atoms with Gasteiger partial charge in [-0.1, -0.05) is 11.6 Å². The van der Waals surface area contributed by atoms with Crippen molar-refractivity contribution < 1.29 is 9.18 Å². The fraction of sp³-hybridized carbons (Fsp3) is 0.143. The average molecular weight is 264 g/mol. The van der Waals surface area contributed by atoms with E-state index >= 15 is 0 Å². The maximum absolute atomic E-state index is 12.7. The summed E-state index contributed by atoms with van der Waals surface area (Å²) in [5, 5.41) is 0.372. The zero-order valence-corrected chi connectivity index (χ0v) is 10.5. The van der Waals surface area contributed by atoms with Gasteiger partial charge in [0.25, 0.3) is 0 Å². The number of benzene rings is 1. The molecule has 0 atom stereocenters. The third-order valence-corrected chi connectivity index (χ3v) is 2.71. The van der Waals surface area contributed by atoms with Gasteiger partial charge in [0.05, 0.1) is 0 Å². The molecule has 2 nitrogen and oxygen atoms in total. The van der Waals surface area contributed by atoms with Gasteiger partial charge >= 0.3 is 0 Å². The Morgan fingerprint density at radius 2 is 1.94 bits per heavy atom. The van der Waals surface area contributed by atoms with Crippen molar-refractivity contribution >= 4 is 17.4 Å². The number of ketones is 1. The first kappa shape index (κ1) is 12.7. The highest BCUT2D eigenvalue weighted by Crippen LogP contribution is 2.13. The second kappa shape index (κ2) is 5.27. The second-order valence-corrected chi connectivity index (χ2v) is 4.43. The van der Waals surface area contributed by atoms with Gasteiger partial charge in [-0.05, 0) is 48.9 Å². The Bertz CT molecular complexity index is 561. The molecular formula is C14H11ClFNO. The minimum absolute atomic E-state index is 0.0725. The van der Waals surface area contributed by atoms with Crippen molar-refractivity contribution in [2.75, 3.05) is 0 Å². The van der Waals surface area contributed by atoms with Crippen molar-refractivity contribution in [1.29, 1.82) is 0 Å². The Balaban J connectivity index is 2.18. The predicted molar refractivity (Wildman–Crippen MR) is 68.4 cm³/mol. The summed E-state index contributed by atoms with van der Waals surface area (Å²) < 4.78 is 12.7. The van der Waals surface area contributed by atoms with Crippen molar-refractivity contribution in [1.82, 2.24) is 4.98 Å². The largest absolute Gasteiger partial charge is 0.294 e. The summed E-state index contributed by atoms with van der Waals surface area (Å²) in [7, 11) is 0. The minimum Gasteiger partial charge on any atom is -0.294 e. The van der Waals surface area contributed by atoms with Crippen molar-refractivity contribution in [3.63, 3.8) is 0 Å². The molecule has 0 aliphatic heterocycles. The van der Waals surface area contributed by atoms with Crippen LogP contribution in [0.2, 0.25) is 5.15 Å². The first-order valence-corrected chi connectivity index (χ1v) is 5.84. The van der Waals surface area contributed by atoms with Gasteiger partial charge in [0.2, 0.25) is 0 Å². The molecule has 18 heavy (non-hydrogen) atoms. The topological polar surface area (TPSA) is 30.0 Å². The number of hydrogen-bond acceptors (Lipinski definition) is 2. The van der Waals surface area contributed by atoms with Gasteiger partial charge in [0, 0.05) is 17.7 Å². The van der Waals surface area contributed by atoms with E-state index in [1.807, 2.05) is 13.0 Å². The molecule has 0 aliphatic rings. The molecule has 0 bridgehead atoms. The number of Topliss-reactive ketones (excluding diaryl/α,β-unsaturated/α-hetero) is 1. The van der Waals surface area contributed by atoms with E-state index in [4.69, 9.17) is 11.6 Å². The van der Waals surface area contributed by atoms with Crippen LogP contribution in [0.15, 0.2) is 36.4 Å². The van der Waals surface area contributed by atoms with Gasteiger partial charge in [0.1, 0.15) is 11.0 Å². The van der Waals surface area contributed by atoms with Crippen LogP contribution in [0.4, 0.5) is 4.39 Å². The Kier molecular flexibility index (Phi) is 3.72. The van der Waals surface area contributed by atoms with Crippen molar-refractivity contribution in [2.24, 2.45) is 0 Å². The zero-order valence-electron chi connectivity index (χ0n) is 9.78. The summed E-state index contributed by atoms with van der Waals surface area (Å²) in [4.78, 5) is 16.0. The van der Waals surface area contributed by atoms with Gasteiger partial charge < -0.3 is 0 Å². The molecule has 1 aromatic heterocycles. The van der Waals surface area contributed by atoms with E-state index in [-0.39, 0.29) is 18.0 Å². The molecule has 0 spiro atoms. The molecule has 2 aromatic rings. The SMILES string of the molecule is Cc1cc(CC(=O)c2ccc(F)cc2)cc(Cl)n1. The standard InChI is InChI=1S/C14H11ClFNO/c1-9-6-10(8-14(15)17-9)7-13(18)11-2-4-12(16)5-3-11/h2-6,8H,7H2,1H3. The highest BCUT2D eigenvalue weighted by atomic mass is 35.5. The van der Waals surface area contributed by atoms with Gasteiger partial charge in [0.15, 0.2) is 5.78 Å². The predicted octanol–water partition coefficient (Wildman–Crippen LogP) is 3.61. The second-order valence-electron chi connectivity index (χ2n) is 4.05. The summed E-state index contributed by atoms with van der Waals surface area (Å²) in [6.07, 6.45) is 0.231. The van der Waals surface area contributed by atoms with Crippen LogP contribution in [0.1, 0.15) is 21.6 Å². The fourth-order valence-corrected chi connectivity index (χ4v) is 1.99. The molecule has 0 radical (unpaired) electrons. The monoisotopic (exact) mass is 263 g/mol. The van der Waals surface area contributed by atoms with Crippen LogP contribution in [0.3, 0.4) is 0 Å². The summed E-state index contributed by atoms with van der Waals surface area (Å²) in [6, 6.07) is 8.99. The lowest BCUT2D eigenvalue weighted by Crippen LogP contribution is -2.04. The number of nitrogens with zero attached hydrogens (tertiary/aromatic N) is 1. The lowest BCUT2D eigenvalue weighted by molar-refractivity contribution is 0.0993.